The Bertz CT molecular complexity index is 774. The number of amides is 1. The summed E-state index contributed by atoms with van der Waals surface area (Å²) >= 11 is 0. The summed E-state index contributed by atoms with van der Waals surface area (Å²) in [7, 11) is -0.313. The monoisotopic (exact) mass is 369 g/mol. The molecule has 1 aliphatic heterocycles. The maximum atomic E-state index is 12.3. The summed E-state index contributed by atoms with van der Waals surface area (Å²) < 4.78 is 11.4. The topological polar surface area (TPSA) is 38.8 Å². The molecule has 0 N–H and O–H groups in total. The van der Waals surface area contributed by atoms with E-state index in [1.807, 2.05) is 36.4 Å². The van der Waals surface area contributed by atoms with Gasteiger partial charge in [0.25, 0.3) is 0 Å². The van der Waals surface area contributed by atoms with Gasteiger partial charge in [0.15, 0.2) is 0 Å². The van der Waals surface area contributed by atoms with Gasteiger partial charge in [-0.2, -0.15) is 0 Å². The van der Waals surface area contributed by atoms with Crippen molar-refractivity contribution in [2.45, 2.75) is 45.3 Å². The Morgan fingerprint density at radius 1 is 1.15 bits per heavy atom. The zero-order valence-electron chi connectivity index (χ0n) is 16.4. The second kappa shape index (κ2) is 7.84. The number of benzene rings is 1. The van der Waals surface area contributed by atoms with E-state index < -0.39 is 8.32 Å². The number of carbonyl (C=O) groups is 1. The highest BCUT2D eigenvalue weighted by atomic mass is 28.4. The standard InChI is InChI=1S/C21H27NO3Si/c1-21(2,3)26(5,6)25-19-11-12-20(23)22(16-14-19)15-13-17-7-9-18(24-4)10-8-17/h7-11,14,16H,12H2,1-6H3. The second-order valence-corrected chi connectivity index (χ2v) is 12.4. The number of methoxy groups -OCH3 is 1. The van der Waals surface area contributed by atoms with Crippen LogP contribution in [0.5, 0.6) is 5.75 Å². The highest BCUT2D eigenvalue weighted by Gasteiger charge is 2.39. The second-order valence-electron chi connectivity index (χ2n) is 7.72. The highest BCUT2D eigenvalue weighted by Crippen LogP contribution is 2.38. The first-order valence-electron chi connectivity index (χ1n) is 8.67. The van der Waals surface area contributed by atoms with Gasteiger partial charge in [-0.3, -0.25) is 4.79 Å². The minimum absolute atomic E-state index is 0.0731. The van der Waals surface area contributed by atoms with Crippen LogP contribution in [0, 0.1) is 12.0 Å². The molecule has 0 aliphatic carbocycles. The van der Waals surface area contributed by atoms with Crippen LogP contribution in [0.4, 0.5) is 0 Å². The normalized spacial score (nSPS) is 14.9. The maximum absolute atomic E-state index is 12.3. The summed E-state index contributed by atoms with van der Waals surface area (Å²) in [6.45, 7) is 11.0. The lowest BCUT2D eigenvalue weighted by atomic mass is 10.2. The maximum Gasteiger partial charge on any atom is 0.250 e. The Kier molecular flexibility index (Phi) is 5.99. The van der Waals surface area contributed by atoms with Crippen molar-refractivity contribution in [2.24, 2.45) is 0 Å². The minimum Gasteiger partial charge on any atom is -0.544 e. The number of hydrogen-bond acceptors (Lipinski definition) is 3. The van der Waals surface area contributed by atoms with E-state index in [1.165, 1.54) is 4.90 Å². The molecule has 0 fully saturated rings. The third-order valence-corrected chi connectivity index (χ3v) is 9.08. The zero-order valence-corrected chi connectivity index (χ0v) is 17.4. The van der Waals surface area contributed by atoms with Gasteiger partial charge in [-0.25, -0.2) is 4.90 Å². The molecule has 0 unspecified atom stereocenters. The van der Waals surface area contributed by atoms with Crippen LogP contribution in [0.1, 0.15) is 32.8 Å². The summed E-state index contributed by atoms with van der Waals surface area (Å²) in [5.74, 6) is 4.46. The first kappa shape index (κ1) is 19.9. The molecular formula is C21H27NO3Si. The zero-order chi connectivity index (χ0) is 19.4. The Morgan fingerprint density at radius 2 is 1.81 bits per heavy atom. The fourth-order valence-electron chi connectivity index (χ4n) is 2.01. The van der Waals surface area contributed by atoms with E-state index in [2.05, 4.69) is 45.8 Å². The average Bonchev–Trinajstić information content (AvgIpc) is 2.74. The van der Waals surface area contributed by atoms with E-state index in [4.69, 9.17) is 9.16 Å². The summed E-state index contributed by atoms with van der Waals surface area (Å²) in [5, 5.41) is 0.103. The predicted octanol–water partition coefficient (Wildman–Crippen LogP) is 4.66. The van der Waals surface area contributed by atoms with Crippen molar-refractivity contribution in [3.8, 4) is 17.7 Å². The summed E-state index contributed by atoms with van der Waals surface area (Å²) in [4.78, 5) is 13.7. The Hall–Kier alpha value is -2.45. The lowest BCUT2D eigenvalue weighted by molar-refractivity contribution is -0.125. The van der Waals surface area contributed by atoms with Gasteiger partial charge in [0.05, 0.1) is 7.11 Å². The van der Waals surface area contributed by atoms with Gasteiger partial charge in [-0.05, 0) is 60.5 Å². The molecule has 0 saturated heterocycles. The molecule has 1 heterocycles. The first-order chi connectivity index (χ1) is 12.1. The van der Waals surface area contributed by atoms with E-state index in [0.717, 1.165) is 17.1 Å². The van der Waals surface area contributed by atoms with E-state index in [0.29, 0.717) is 0 Å². The molecule has 2 rings (SSSR count). The van der Waals surface area contributed by atoms with Crippen LogP contribution in [0.3, 0.4) is 0 Å². The average molecular weight is 370 g/mol. The molecule has 26 heavy (non-hydrogen) atoms. The Balaban J connectivity index is 2.12. The quantitative estimate of drug-likeness (QED) is 0.575. The van der Waals surface area contributed by atoms with Crippen molar-refractivity contribution < 1.29 is 14.0 Å². The van der Waals surface area contributed by atoms with Crippen molar-refractivity contribution in [3.63, 3.8) is 0 Å². The molecule has 1 aromatic rings. The molecule has 0 bridgehead atoms. The molecule has 0 radical (unpaired) electrons. The van der Waals surface area contributed by atoms with Gasteiger partial charge < -0.3 is 9.16 Å². The molecular weight excluding hydrogens is 342 g/mol. The smallest absolute Gasteiger partial charge is 0.250 e. The van der Waals surface area contributed by atoms with E-state index >= 15 is 0 Å². The van der Waals surface area contributed by atoms with E-state index in [1.54, 1.807) is 13.3 Å². The number of allylic oxidation sites excluding steroid dienone is 1. The van der Waals surface area contributed by atoms with Gasteiger partial charge in [0.2, 0.25) is 14.2 Å². The highest BCUT2D eigenvalue weighted by molar-refractivity contribution is 6.74. The fraction of sp³-hybridized carbons (Fsp3) is 0.381. The summed E-state index contributed by atoms with van der Waals surface area (Å²) in [5.41, 5.74) is 0.821. The van der Waals surface area contributed by atoms with Crippen molar-refractivity contribution in [3.05, 3.63) is 53.9 Å². The predicted molar refractivity (Wildman–Crippen MR) is 107 cm³/mol. The number of hydrogen-bond donors (Lipinski definition) is 0. The summed E-state index contributed by atoms with van der Waals surface area (Å²) in [6, 6.07) is 10.3. The molecule has 1 aromatic carbocycles. The Labute approximate surface area is 157 Å². The molecule has 0 atom stereocenters. The van der Waals surface area contributed by atoms with Gasteiger partial charge in [-0.1, -0.05) is 20.8 Å². The Morgan fingerprint density at radius 3 is 2.38 bits per heavy atom. The molecule has 138 valence electrons. The van der Waals surface area contributed by atoms with Crippen molar-refractivity contribution in [1.29, 1.82) is 0 Å². The van der Waals surface area contributed by atoms with E-state index in [-0.39, 0.29) is 17.4 Å². The van der Waals surface area contributed by atoms with Gasteiger partial charge in [-0.15, -0.1) is 0 Å². The molecule has 0 saturated carbocycles. The first-order valence-corrected chi connectivity index (χ1v) is 11.6. The lowest BCUT2D eigenvalue weighted by Gasteiger charge is -2.36. The molecule has 1 aliphatic rings. The molecule has 5 heteroatoms. The van der Waals surface area contributed by atoms with Gasteiger partial charge in [0, 0.05) is 24.2 Å². The van der Waals surface area contributed by atoms with Crippen LogP contribution in [0.2, 0.25) is 18.1 Å². The van der Waals surface area contributed by atoms with Crippen LogP contribution in [0.25, 0.3) is 0 Å². The largest absolute Gasteiger partial charge is 0.544 e. The third kappa shape index (κ3) is 5.03. The number of nitrogens with zero attached hydrogens (tertiary/aromatic N) is 1. The lowest BCUT2D eigenvalue weighted by Crippen LogP contribution is -2.40. The fourth-order valence-corrected chi connectivity index (χ4v) is 3.05. The van der Waals surface area contributed by atoms with Crippen molar-refractivity contribution in [2.75, 3.05) is 7.11 Å². The number of ether oxygens (including phenoxy) is 1. The molecule has 1 amide bonds. The minimum atomic E-state index is -1.94. The molecule has 0 aromatic heterocycles. The van der Waals surface area contributed by atoms with Crippen molar-refractivity contribution >= 4 is 14.2 Å². The van der Waals surface area contributed by atoms with Crippen molar-refractivity contribution in [1.82, 2.24) is 4.90 Å². The molecule has 4 nitrogen and oxygen atoms in total. The summed E-state index contributed by atoms with van der Waals surface area (Å²) in [6.07, 6.45) is 5.63. The van der Waals surface area contributed by atoms with Crippen LogP contribution in [-0.2, 0) is 9.22 Å². The third-order valence-electron chi connectivity index (χ3n) is 4.72. The van der Waals surface area contributed by atoms with E-state index in [9.17, 15) is 4.79 Å². The number of rotatable bonds is 3. The van der Waals surface area contributed by atoms with Gasteiger partial charge in [0.1, 0.15) is 11.5 Å². The molecule has 0 spiro atoms. The SMILES string of the molecule is COc1ccc(C#CN2C=CC(O[Si](C)(C)C(C)(C)C)=CCC2=O)cc1. The van der Waals surface area contributed by atoms with Crippen LogP contribution in [-0.4, -0.2) is 26.2 Å². The van der Waals surface area contributed by atoms with Gasteiger partial charge >= 0.3 is 0 Å². The van der Waals surface area contributed by atoms with Crippen LogP contribution in [0.15, 0.2) is 48.4 Å². The van der Waals surface area contributed by atoms with Crippen LogP contribution >= 0.6 is 0 Å². The van der Waals surface area contributed by atoms with Crippen LogP contribution < -0.4 is 4.74 Å². The number of carbonyl (C=O) groups excluding carboxylic acids is 1.